The average molecular weight is 731 g/mol. The first-order chi connectivity index (χ1) is 22.1. The third-order valence-electron chi connectivity index (χ3n) is 6.97. The van der Waals surface area contributed by atoms with Gasteiger partial charge in [0.2, 0.25) is 5.91 Å². The van der Waals surface area contributed by atoms with E-state index in [2.05, 4.69) is 26.3 Å². The first kappa shape index (κ1) is 35.6. The van der Waals surface area contributed by atoms with Crippen molar-refractivity contribution in [2.24, 2.45) is 0 Å². The fourth-order valence-electron chi connectivity index (χ4n) is 4.73. The van der Waals surface area contributed by atoms with Crippen LogP contribution in [0.3, 0.4) is 0 Å². The Morgan fingerprint density at radius 2 is 1.77 bits per heavy atom. The quantitative estimate of drug-likeness (QED) is 0.178. The number of sulfonamides is 1. The minimum absolute atomic E-state index is 0.134. The molecular formula is C33H37BrFN5O6S. The number of benzene rings is 3. The Bertz CT molecular complexity index is 1970. The molecule has 1 aromatic heterocycles. The average Bonchev–Trinajstić information content (AvgIpc) is 3.31. The zero-order valence-corrected chi connectivity index (χ0v) is 29.2. The van der Waals surface area contributed by atoms with E-state index in [1.54, 1.807) is 51.1 Å². The number of amides is 2. The maximum absolute atomic E-state index is 15.6. The Morgan fingerprint density at radius 1 is 1.04 bits per heavy atom. The second-order valence-electron chi connectivity index (χ2n) is 11.8. The standard InChI is InChI=1S/C33H37BrFN5O6S/c1-6-8-13-30(41)36-27-19-23(16-17-25(27)34)40-32(43)39(29(7-2)37-40)20-22-15-14-21(18-26(22)35)24-11-9-10-12-28(24)47(44,45)38-31(42)46-33(3,4)5/h9-12,14-19H,6-8,13,20H2,1-5H3,(H,36,41)(H,38,42). The number of rotatable bonds is 11. The zero-order valence-electron chi connectivity index (χ0n) is 26.8. The van der Waals surface area contributed by atoms with Gasteiger partial charge in [-0.15, -0.1) is 5.10 Å². The molecule has 0 radical (unpaired) electrons. The van der Waals surface area contributed by atoms with Crippen molar-refractivity contribution in [1.82, 2.24) is 19.1 Å². The van der Waals surface area contributed by atoms with Crippen LogP contribution in [-0.2, 0) is 32.5 Å². The molecule has 0 saturated carbocycles. The van der Waals surface area contributed by atoms with Crippen molar-refractivity contribution >= 4 is 43.6 Å². The summed E-state index contributed by atoms with van der Waals surface area (Å²) in [5.41, 5.74) is 0.0949. The lowest BCUT2D eigenvalue weighted by Crippen LogP contribution is -2.36. The molecule has 47 heavy (non-hydrogen) atoms. The number of carbonyl (C=O) groups excluding carboxylic acids is 2. The van der Waals surface area contributed by atoms with Crippen LogP contribution >= 0.6 is 15.9 Å². The maximum Gasteiger partial charge on any atom is 0.421 e. The maximum atomic E-state index is 15.6. The summed E-state index contributed by atoms with van der Waals surface area (Å²) in [7, 11) is -4.37. The number of ether oxygens (including phenoxy) is 1. The van der Waals surface area contributed by atoms with Gasteiger partial charge in [0, 0.05) is 28.4 Å². The molecule has 0 bridgehead atoms. The molecule has 11 nitrogen and oxygen atoms in total. The van der Waals surface area contributed by atoms with Crippen LogP contribution in [0.1, 0.15) is 65.3 Å². The van der Waals surface area contributed by atoms with Crippen LogP contribution in [0.15, 0.2) is 74.8 Å². The number of carbonyl (C=O) groups is 2. The Hall–Kier alpha value is -4.30. The third kappa shape index (κ3) is 8.74. The number of aromatic nitrogens is 3. The minimum Gasteiger partial charge on any atom is -0.443 e. The van der Waals surface area contributed by atoms with Crippen LogP contribution in [0.25, 0.3) is 16.8 Å². The van der Waals surface area contributed by atoms with Gasteiger partial charge in [-0.3, -0.25) is 9.36 Å². The Kier molecular flexibility index (Phi) is 11.1. The molecule has 0 fully saturated rings. The summed E-state index contributed by atoms with van der Waals surface area (Å²) < 4.78 is 52.0. The van der Waals surface area contributed by atoms with Gasteiger partial charge in [0.15, 0.2) is 0 Å². The lowest BCUT2D eigenvalue weighted by atomic mass is 10.0. The van der Waals surface area contributed by atoms with E-state index in [0.717, 1.165) is 12.8 Å². The highest BCUT2D eigenvalue weighted by atomic mass is 79.9. The Labute approximate surface area is 281 Å². The molecular weight excluding hydrogens is 693 g/mol. The SMILES string of the molecule is CCCCC(=O)Nc1cc(-n2nc(CC)n(Cc3ccc(-c4ccccc4S(=O)(=O)NC(=O)OC(C)(C)C)cc3F)c2=O)ccc1Br. The molecule has 0 saturated heterocycles. The number of hydrogen-bond donors (Lipinski definition) is 2. The van der Waals surface area contributed by atoms with E-state index in [0.29, 0.717) is 34.5 Å². The molecule has 2 amide bonds. The summed E-state index contributed by atoms with van der Waals surface area (Å²) in [5.74, 6) is -0.396. The number of halogens is 2. The van der Waals surface area contributed by atoms with E-state index < -0.39 is 33.2 Å². The van der Waals surface area contributed by atoms with E-state index in [1.807, 2.05) is 18.6 Å². The van der Waals surface area contributed by atoms with Gasteiger partial charge in [-0.2, -0.15) is 4.68 Å². The number of unbranched alkanes of at least 4 members (excludes halogenated alkanes) is 1. The van der Waals surface area contributed by atoms with Crippen molar-refractivity contribution in [2.75, 3.05) is 5.32 Å². The van der Waals surface area contributed by atoms with Crippen molar-refractivity contribution < 1.29 is 27.1 Å². The topological polar surface area (TPSA) is 141 Å². The van der Waals surface area contributed by atoms with Gasteiger partial charge in [0.1, 0.15) is 17.2 Å². The van der Waals surface area contributed by atoms with Gasteiger partial charge in [0.25, 0.3) is 10.0 Å². The van der Waals surface area contributed by atoms with Crippen molar-refractivity contribution in [3.63, 3.8) is 0 Å². The Morgan fingerprint density at radius 3 is 2.43 bits per heavy atom. The number of anilines is 1. The largest absolute Gasteiger partial charge is 0.443 e. The normalized spacial score (nSPS) is 11.7. The van der Waals surface area contributed by atoms with Crippen LogP contribution in [0.2, 0.25) is 0 Å². The van der Waals surface area contributed by atoms with E-state index in [4.69, 9.17) is 4.74 Å². The highest BCUT2D eigenvalue weighted by molar-refractivity contribution is 9.10. The molecule has 0 aliphatic heterocycles. The predicted octanol–water partition coefficient (Wildman–Crippen LogP) is 6.56. The molecule has 1 heterocycles. The minimum atomic E-state index is -4.37. The third-order valence-corrected chi connectivity index (χ3v) is 9.03. The van der Waals surface area contributed by atoms with Crippen molar-refractivity contribution in [3.05, 3.63) is 92.8 Å². The summed E-state index contributed by atoms with van der Waals surface area (Å²) in [6.45, 7) is 8.50. The molecule has 14 heteroatoms. The predicted molar refractivity (Wildman–Crippen MR) is 181 cm³/mol. The first-order valence-electron chi connectivity index (χ1n) is 15.1. The number of aryl methyl sites for hydroxylation is 1. The summed E-state index contributed by atoms with van der Waals surface area (Å²) in [5, 5.41) is 7.34. The molecule has 0 unspecified atom stereocenters. The van der Waals surface area contributed by atoms with Gasteiger partial charge in [0.05, 0.1) is 22.8 Å². The fourth-order valence-corrected chi connectivity index (χ4v) is 6.18. The summed E-state index contributed by atoms with van der Waals surface area (Å²) in [6, 6.07) is 15.1. The number of hydrogen-bond acceptors (Lipinski definition) is 7. The second-order valence-corrected chi connectivity index (χ2v) is 14.3. The number of nitrogens with one attached hydrogen (secondary N) is 2. The van der Waals surface area contributed by atoms with Crippen LogP contribution < -0.4 is 15.7 Å². The van der Waals surface area contributed by atoms with Gasteiger partial charge < -0.3 is 10.1 Å². The molecule has 3 aromatic carbocycles. The molecule has 0 atom stereocenters. The Balaban J connectivity index is 1.63. The van der Waals surface area contributed by atoms with Crippen molar-refractivity contribution in [2.45, 2.75) is 77.3 Å². The molecule has 0 aliphatic rings. The van der Waals surface area contributed by atoms with E-state index in [1.165, 1.54) is 39.6 Å². The smallest absolute Gasteiger partial charge is 0.421 e. The lowest BCUT2D eigenvalue weighted by molar-refractivity contribution is -0.116. The first-order valence-corrected chi connectivity index (χ1v) is 17.3. The van der Waals surface area contributed by atoms with Gasteiger partial charge in [-0.05, 0) is 79.0 Å². The molecule has 0 aliphatic carbocycles. The summed E-state index contributed by atoms with van der Waals surface area (Å²) >= 11 is 3.44. The molecule has 250 valence electrons. The van der Waals surface area contributed by atoms with Crippen LogP contribution in [-0.4, -0.2) is 40.4 Å². The van der Waals surface area contributed by atoms with Crippen LogP contribution in [0.4, 0.5) is 14.9 Å². The number of nitrogens with zero attached hydrogens (tertiary/aromatic N) is 3. The lowest BCUT2D eigenvalue weighted by Gasteiger charge is -2.20. The van der Waals surface area contributed by atoms with Crippen LogP contribution in [0.5, 0.6) is 0 Å². The van der Waals surface area contributed by atoms with Gasteiger partial charge in [-0.25, -0.2) is 27.1 Å². The molecule has 2 N–H and O–H groups in total. The molecule has 4 aromatic rings. The van der Waals surface area contributed by atoms with Crippen LogP contribution in [0, 0.1) is 5.82 Å². The summed E-state index contributed by atoms with van der Waals surface area (Å²) in [6.07, 6.45) is 1.25. The van der Waals surface area contributed by atoms with Crippen molar-refractivity contribution in [1.29, 1.82) is 0 Å². The van der Waals surface area contributed by atoms with Gasteiger partial charge in [-0.1, -0.05) is 50.6 Å². The van der Waals surface area contributed by atoms with E-state index in [-0.39, 0.29) is 34.0 Å². The van der Waals surface area contributed by atoms with E-state index in [9.17, 15) is 22.8 Å². The molecule has 4 rings (SSSR count). The van der Waals surface area contributed by atoms with Crippen molar-refractivity contribution in [3.8, 4) is 16.8 Å². The molecule has 0 spiro atoms. The summed E-state index contributed by atoms with van der Waals surface area (Å²) in [4.78, 5) is 37.9. The fraction of sp³-hybridized carbons (Fsp3) is 0.333. The highest BCUT2D eigenvalue weighted by Crippen LogP contribution is 2.29. The monoisotopic (exact) mass is 729 g/mol. The second kappa shape index (κ2) is 14.6. The highest BCUT2D eigenvalue weighted by Gasteiger charge is 2.26. The van der Waals surface area contributed by atoms with Gasteiger partial charge >= 0.3 is 11.8 Å². The zero-order chi connectivity index (χ0) is 34.5. The van der Waals surface area contributed by atoms with E-state index >= 15 is 4.39 Å².